The van der Waals surface area contributed by atoms with Crippen LogP contribution < -0.4 is 0 Å². The number of aryl methyl sites for hydroxylation is 1. The molecule has 4 nitrogen and oxygen atoms in total. The summed E-state index contributed by atoms with van der Waals surface area (Å²) in [5, 5.41) is 4.84. The van der Waals surface area contributed by atoms with Gasteiger partial charge in [0.15, 0.2) is 10.6 Å². The van der Waals surface area contributed by atoms with Gasteiger partial charge in [-0.15, -0.1) is 0 Å². The van der Waals surface area contributed by atoms with Crippen molar-refractivity contribution in [1.29, 1.82) is 0 Å². The molecule has 1 aromatic heterocycles. The number of benzene rings is 1. The van der Waals surface area contributed by atoms with Gasteiger partial charge in [0, 0.05) is 31.0 Å². The second-order valence-electron chi connectivity index (χ2n) is 5.94. The van der Waals surface area contributed by atoms with Crippen LogP contribution in [0.2, 0.25) is 0 Å². The van der Waals surface area contributed by atoms with Crippen LogP contribution in [0, 0.1) is 11.7 Å². The zero-order valence-corrected chi connectivity index (χ0v) is 15.5. The first-order chi connectivity index (χ1) is 11.2. The predicted octanol–water partition coefficient (Wildman–Crippen LogP) is 3.81. The minimum absolute atomic E-state index is 0.797. The molecular formula is C17H24N4S2. The molecule has 0 spiro atoms. The van der Waals surface area contributed by atoms with Gasteiger partial charge in [0.1, 0.15) is 0 Å². The second kappa shape index (κ2) is 7.64. The van der Waals surface area contributed by atoms with Gasteiger partial charge in [0.25, 0.3) is 0 Å². The molecule has 0 bridgehead atoms. The molecule has 2 aromatic rings. The van der Waals surface area contributed by atoms with Crippen LogP contribution in [-0.2, 0) is 13.2 Å². The van der Waals surface area contributed by atoms with Gasteiger partial charge in [0.2, 0.25) is 0 Å². The van der Waals surface area contributed by atoms with Crippen molar-refractivity contribution in [3.63, 3.8) is 0 Å². The highest BCUT2D eigenvalue weighted by molar-refractivity contribution is 7.99. The number of hydrogen-bond acceptors (Lipinski definition) is 4. The Morgan fingerprint density at radius 3 is 2.91 bits per heavy atom. The summed E-state index contributed by atoms with van der Waals surface area (Å²) in [4.78, 5) is 2.46. The van der Waals surface area contributed by atoms with E-state index < -0.39 is 0 Å². The molecule has 3 rings (SSSR count). The molecular weight excluding hydrogens is 324 g/mol. The van der Waals surface area contributed by atoms with Crippen molar-refractivity contribution in [2.75, 3.05) is 24.6 Å². The van der Waals surface area contributed by atoms with E-state index in [4.69, 9.17) is 17.3 Å². The fourth-order valence-electron chi connectivity index (χ4n) is 2.94. The molecule has 1 saturated heterocycles. The lowest BCUT2D eigenvalue weighted by Gasteiger charge is -2.18. The molecule has 0 amide bonds. The summed E-state index contributed by atoms with van der Waals surface area (Å²) in [5.74, 6) is 3.44. The lowest BCUT2D eigenvalue weighted by molar-refractivity contribution is 0.221. The van der Waals surface area contributed by atoms with Crippen LogP contribution in [0.3, 0.4) is 0 Å². The molecule has 1 aromatic carbocycles. The summed E-state index contributed by atoms with van der Waals surface area (Å²) in [5.41, 5.74) is 2.39. The number of aromatic nitrogens is 3. The molecule has 124 valence electrons. The van der Waals surface area contributed by atoms with Gasteiger partial charge in [-0.1, -0.05) is 23.8 Å². The maximum absolute atomic E-state index is 5.68. The van der Waals surface area contributed by atoms with Crippen molar-refractivity contribution in [1.82, 2.24) is 19.2 Å². The minimum atomic E-state index is 0.797. The largest absolute Gasteiger partial charge is 0.300 e. The molecule has 1 aliphatic rings. The highest BCUT2D eigenvalue weighted by Gasteiger charge is 2.15. The van der Waals surface area contributed by atoms with Crippen molar-refractivity contribution in [2.45, 2.75) is 33.5 Å². The van der Waals surface area contributed by atoms with E-state index >= 15 is 0 Å². The standard InChI is InChI=1S/C17H24N4S2/c1-3-20-16(15-7-4-6-14(2)12-15)18-21(17(20)22)13-19-8-5-10-23-11-9-19/h4,6-7,12H,3,5,8-11,13H2,1-2H3. The number of thioether (sulfide) groups is 1. The average Bonchev–Trinajstić information content (AvgIpc) is 2.72. The first-order valence-corrected chi connectivity index (χ1v) is 9.80. The molecule has 0 radical (unpaired) electrons. The van der Waals surface area contributed by atoms with Gasteiger partial charge in [-0.3, -0.25) is 4.90 Å². The fraction of sp³-hybridized carbons (Fsp3) is 0.529. The van der Waals surface area contributed by atoms with Crippen molar-refractivity contribution >= 4 is 24.0 Å². The normalized spacial score (nSPS) is 16.4. The van der Waals surface area contributed by atoms with E-state index in [2.05, 4.69) is 47.6 Å². The first kappa shape index (κ1) is 16.7. The van der Waals surface area contributed by atoms with Gasteiger partial charge >= 0.3 is 0 Å². The molecule has 23 heavy (non-hydrogen) atoms. The van der Waals surface area contributed by atoms with Gasteiger partial charge in [-0.05, 0) is 44.3 Å². The Bertz CT molecular complexity index is 712. The average molecular weight is 349 g/mol. The second-order valence-corrected chi connectivity index (χ2v) is 7.53. The molecule has 0 unspecified atom stereocenters. The van der Waals surface area contributed by atoms with Crippen LogP contribution in [0.1, 0.15) is 18.9 Å². The summed E-state index contributed by atoms with van der Waals surface area (Å²) in [6, 6.07) is 8.48. The molecule has 0 aliphatic carbocycles. The van der Waals surface area contributed by atoms with Gasteiger partial charge in [-0.2, -0.15) is 16.9 Å². The maximum Gasteiger partial charge on any atom is 0.199 e. The Hall–Kier alpha value is -1.11. The number of nitrogens with zero attached hydrogens (tertiary/aromatic N) is 4. The Morgan fingerprint density at radius 2 is 2.13 bits per heavy atom. The lowest BCUT2D eigenvalue weighted by atomic mass is 10.1. The van der Waals surface area contributed by atoms with Gasteiger partial charge in [0.05, 0.1) is 6.67 Å². The summed E-state index contributed by atoms with van der Waals surface area (Å²) >= 11 is 7.72. The van der Waals surface area contributed by atoms with Crippen molar-refractivity contribution in [2.24, 2.45) is 0 Å². The Balaban J connectivity index is 1.91. The van der Waals surface area contributed by atoms with Crippen LogP contribution in [0.4, 0.5) is 0 Å². The molecule has 1 aliphatic heterocycles. The first-order valence-electron chi connectivity index (χ1n) is 8.24. The third kappa shape index (κ3) is 3.87. The molecule has 0 saturated carbocycles. The highest BCUT2D eigenvalue weighted by Crippen LogP contribution is 2.20. The quantitative estimate of drug-likeness (QED) is 0.785. The molecule has 1 fully saturated rings. The minimum Gasteiger partial charge on any atom is -0.300 e. The zero-order chi connectivity index (χ0) is 16.2. The van der Waals surface area contributed by atoms with Crippen LogP contribution in [-0.4, -0.2) is 43.8 Å². The molecule has 0 N–H and O–H groups in total. The van der Waals surface area contributed by atoms with E-state index in [-0.39, 0.29) is 0 Å². The zero-order valence-electron chi connectivity index (χ0n) is 13.9. The third-order valence-electron chi connectivity index (χ3n) is 4.16. The fourth-order valence-corrected chi connectivity index (χ4v) is 4.18. The summed E-state index contributed by atoms with van der Waals surface area (Å²) in [6.07, 6.45) is 1.25. The summed E-state index contributed by atoms with van der Waals surface area (Å²) < 4.78 is 4.95. The van der Waals surface area contributed by atoms with Crippen LogP contribution in [0.5, 0.6) is 0 Å². The van der Waals surface area contributed by atoms with E-state index in [1.165, 1.54) is 23.5 Å². The van der Waals surface area contributed by atoms with E-state index in [9.17, 15) is 0 Å². The molecule has 2 heterocycles. The summed E-state index contributed by atoms with van der Waals surface area (Å²) in [7, 11) is 0. The Kier molecular flexibility index (Phi) is 5.56. The van der Waals surface area contributed by atoms with Gasteiger partial charge in [-0.25, -0.2) is 4.68 Å². The maximum atomic E-state index is 5.68. The topological polar surface area (TPSA) is 26.0 Å². The van der Waals surface area contributed by atoms with Gasteiger partial charge < -0.3 is 4.57 Å². The van der Waals surface area contributed by atoms with E-state index in [0.29, 0.717) is 0 Å². The monoisotopic (exact) mass is 348 g/mol. The van der Waals surface area contributed by atoms with Crippen LogP contribution >= 0.6 is 24.0 Å². The van der Waals surface area contributed by atoms with Crippen LogP contribution in [0.25, 0.3) is 11.4 Å². The van der Waals surface area contributed by atoms with Crippen LogP contribution in [0.15, 0.2) is 24.3 Å². The van der Waals surface area contributed by atoms with E-state index in [1.807, 2.05) is 16.4 Å². The lowest BCUT2D eigenvalue weighted by Crippen LogP contribution is -2.29. The van der Waals surface area contributed by atoms with Crippen molar-refractivity contribution < 1.29 is 0 Å². The SMILES string of the molecule is CCn1c(-c2cccc(C)c2)nn(CN2CCCSCC2)c1=S. The number of hydrogen-bond donors (Lipinski definition) is 0. The summed E-state index contributed by atoms with van der Waals surface area (Å²) in [6.45, 7) is 8.13. The number of rotatable bonds is 4. The Labute approximate surface area is 147 Å². The molecule has 0 atom stereocenters. The molecule has 6 heteroatoms. The van der Waals surface area contributed by atoms with Crippen molar-refractivity contribution in [3.05, 3.63) is 34.6 Å². The Morgan fingerprint density at radius 1 is 1.26 bits per heavy atom. The van der Waals surface area contributed by atoms with E-state index in [1.54, 1.807) is 0 Å². The van der Waals surface area contributed by atoms with Crippen molar-refractivity contribution in [3.8, 4) is 11.4 Å². The van der Waals surface area contributed by atoms with E-state index in [0.717, 1.165) is 42.5 Å². The third-order valence-corrected chi connectivity index (χ3v) is 5.64. The highest BCUT2D eigenvalue weighted by atomic mass is 32.2. The smallest absolute Gasteiger partial charge is 0.199 e. The predicted molar refractivity (Wildman–Crippen MR) is 100 cm³/mol.